The number of anilines is 3. The van der Waals surface area contributed by atoms with Gasteiger partial charge in [-0.3, -0.25) is 9.69 Å². The molecule has 1 aliphatic rings. The first-order chi connectivity index (χ1) is 16.8. The molecule has 1 amide bonds. The van der Waals surface area contributed by atoms with Crippen LogP contribution in [-0.2, 0) is 6.18 Å². The molecule has 4 rings (SSSR count). The Hall–Kier alpha value is -3.07. The second-order valence-electron chi connectivity index (χ2n) is 7.22. The fraction of sp³-hybridized carbons (Fsp3) is 0.190. The van der Waals surface area contributed by atoms with Crippen LogP contribution in [0.5, 0.6) is 11.6 Å². The summed E-state index contributed by atoms with van der Waals surface area (Å²) in [4.78, 5) is 23.9. The predicted octanol–water partition coefficient (Wildman–Crippen LogP) is 6.68. The highest BCUT2D eigenvalue weighted by molar-refractivity contribution is 9.10. The van der Waals surface area contributed by atoms with E-state index in [2.05, 4.69) is 46.6 Å². The second kappa shape index (κ2) is 9.42. The molecule has 7 nitrogen and oxygen atoms in total. The van der Waals surface area contributed by atoms with E-state index in [1.807, 2.05) is 0 Å². The first-order valence-corrected chi connectivity index (χ1v) is 11.3. The smallest absolute Gasteiger partial charge is 0.481 e. The number of carbonyl (C=O) groups is 1. The Morgan fingerprint density at radius 2 is 1.67 bits per heavy atom. The van der Waals surface area contributed by atoms with E-state index in [4.69, 9.17) is 4.74 Å². The number of nitrogens with zero attached hydrogens (tertiary/aromatic N) is 4. The Kier molecular flexibility index (Phi) is 6.81. The van der Waals surface area contributed by atoms with Crippen molar-refractivity contribution in [3.05, 3.63) is 62.8 Å². The summed E-state index contributed by atoms with van der Waals surface area (Å²) in [6.45, 7) is -0.255. The molecule has 0 fully saturated rings. The number of halogens is 8. The van der Waals surface area contributed by atoms with Crippen LogP contribution in [0.25, 0.3) is 0 Å². The molecule has 15 heteroatoms. The van der Waals surface area contributed by atoms with E-state index in [0.717, 1.165) is 17.0 Å². The molecule has 0 N–H and O–H groups in total. The standard InChI is InChI=1S/C21H12Br2F6N4O3/c1-35-16-5-4-15(17(23)31-16)33-9-32(14-3-2-11(7-13(14)22)36-21(27,28)29)18-12(19(33)34)6-10(8-30-18)20(24,25)26/h2-8H,9H2,1H3. The molecule has 0 saturated carbocycles. The van der Waals surface area contributed by atoms with Gasteiger partial charge in [-0.2, -0.15) is 13.2 Å². The summed E-state index contributed by atoms with van der Waals surface area (Å²) in [5.74, 6) is -1.21. The number of ether oxygens (including phenoxy) is 2. The molecule has 1 aliphatic heterocycles. The Labute approximate surface area is 215 Å². The Morgan fingerprint density at radius 3 is 2.25 bits per heavy atom. The number of fused-ring (bicyclic) bond motifs is 1. The van der Waals surface area contributed by atoms with Crippen LogP contribution in [0.2, 0.25) is 0 Å². The molecular formula is C21H12Br2F6N4O3. The van der Waals surface area contributed by atoms with Gasteiger partial charge in [-0.15, -0.1) is 13.2 Å². The molecule has 0 saturated heterocycles. The predicted molar refractivity (Wildman–Crippen MR) is 122 cm³/mol. The van der Waals surface area contributed by atoms with E-state index in [-0.39, 0.29) is 44.4 Å². The van der Waals surface area contributed by atoms with Crippen LogP contribution in [0.15, 0.2) is 51.7 Å². The van der Waals surface area contributed by atoms with E-state index >= 15 is 0 Å². The molecule has 0 atom stereocenters. The largest absolute Gasteiger partial charge is 0.573 e. The van der Waals surface area contributed by atoms with Crippen molar-refractivity contribution in [2.45, 2.75) is 12.5 Å². The van der Waals surface area contributed by atoms with Gasteiger partial charge in [0.1, 0.15) is 22.8 Å². The number of amides is 1. The lowest BCUT2D eigenvalue weighted by Crippen LogP contribution is -2.46. The average molecular weight is 642 g/mol. The highest BCUT2D eigenvalue weighted by atomic mass is 79.9. The van der Waals surface area contributed by atoms with Gasteiger partial charge in [0.05, 0.1) is 29.6 Å². The van der Waals surface area contributed by atoms with E-state index < -0.39 is 29.8 Å². The summed E-state index contributed by atoms with van der Waals surface area (Å²) in [6, 6.07) is 6.93. The van der Waals surface area contributed by atoms with Crippen LogP contribution >= 0.6 is 31.9 Å². The zero-order chi connectivity index (χ0) is 26.4. The summed E-state index contributed by atoms with van der Waals surface area (Å²) in [6.07, 6.45) is -9.12. The molecular weight excluding hydrogens is 630 g/mol. The summed E-state index contributed by atoms with van der Waals surface area (Å²) >= 11 is 6.41. The monoisotopic (exact) mass is 640 g/mol. The third-order valence-electron chi connectivity index (χ3n) is 4.96. The first kappa shape index (κ1) is 26.0. The van der Waals surface area contributed by atoms with E-state index in [1.54, 1.807) is 0 Å². The number of alkyl halides is 6. The van der Waals surface area contributed by atoms with E-state index in [0.29, 0.717) is 12.3 Å². The lowest BCUT2D eigenvalue weighted by molar-refractivity contribution is -0.274. The van der Waals surface area contributed by atoms with Gasteiger partial charge in [0.2, 0.25) is 5.88 Å². The van der Waals surface area contributed by atoms with Crippen LogP contribution in [0.1, 0.15) is 15.9 Å². The molecule has 0 bridgehead atoms. The first-order valence-electron chi connectivity index (χ1n) is 9.71. The van der Waals surface area contributed by atoms with Gasteiger partial charge < -0.3 is 14.4 Å². The molecule has 3 heterocycles. The van der Waals surface area contributed by atoms with Crippen LogP contribution in [0.3, 0.4) is 0 Å². The van der Waals surface area contributed by atoms with Crippen LogP contribution in [0.4, 0.5) is 43.5 Å². The summed E-state index contributed by atoms with van der Waals surface area (Å²) < 4.78 is 87.3. The van der Waals surface area contributed by atoms with E-state index in [1.165, 1.54) is 30.2 Å². The van der Waals surface area contributed by atoms with Gasteiger partial charge in [0, 0.05) is 16.7 Å². The van der Waals surface area contributed by atoms with Crippen molar-refractivity contribution >= 4 is 55.0 Å². The number of hydrogen-bond acceptors (Lipinski definition) is 6. The van der Waals surface area contributed by atoms with Crippen molar-refractivity contribution in [2.75, 3.05) is 23.6 Å². The minimum absolute atomic E-state index is 0.109. The summed E-state index contributed by atoms with van der Waals surface area (Å²) in [7, 11) is 1.38. The fourth-order valence-electron chi connectivity index (χ4n) is 3.41. The number of pyridine rings is 2. The van der Waals surface area contributed by atoms with Gasteiger partial charge in [-0.1, -0.05) is 0 Å². The highest BCUT2D eigenvalue weighted by Crippen LogP contribution is 2.42. The quantitative estimate of drug-likeness (QED) is 0.234. The lowest BCUT2D eigenvalue weighted by Gasteiger charge is -2.38. The number of rotatable bonds is 4. The van der Waals surface area contributed by atoms with Crippen molar-refractivity contribution < 1.29 is 40.6 Å². The second-order valence-corrected chi connectivity index (χ2v) is 8.83. The Morgan fingerprint density at radius 1 is 0.972 bits per heavy atom. The maximum atomic E-state index is 13.4. The molecule has 0 radical (unpaired) electrons. The third kappa shape index (κ3) is 5.21. The normalized spacial score (nSPS) is 14.1. The zero-order valence-corrected chi connectivity index (χ0v) is 21.0. The molecule has 2 aromatic heterocycles. The van der Waals surface area contributed by atoms with Crippen LogP contribution in [0, 0.1) is 0 Å². The summed E-state index contributed by atoms with van der Waals surface area (Å²) in [5.41, 5.74) is -1.09. The number of hydrogen-bond donors (Lipinski definition) is 0. The number of benzene rings is 1. The SMILES string of the molecule is COc1ccc(N2CN(c3ccc(OC(F)(F)F)cc3Br)c3ncc(C(F)(F)F)cc3C2=O)c(Br)n1. The maximum absolute atomic E-state index is 13.4. The van der Waals surface area contributed by atoms with Gasteiger partial charge >= 0.3 is 12.5 Å². The number of aromatic nitrogens is 2. The van der Waals surface area contributed by atoms with Gasteiger partial charge in [0.25, 0.3) is 5.91 Å². The van der Waals surface area contributed by atoms with Crippen molar-refractivity contribution in [1.29, 1.82) is 0 Å². The van der Waals surface area contributed by atoms with Crippen LogP contribution < -0.4 is 19.3 Å². The fourth-order valence-corrected chi connectivity index (χ4v) is 4.50. The molecule has 36 heavy (non-hydrogen) atoms. The minimum atomic E-state index is -4.93. The van der Waals surface area contributed by atoms with Gasteiger partial charge in [-0.25, -0.2) is 9.97 Å². The van der Waals surface area contributed by atoms with E-state index in [9.17, 15) is 31.1 Å². The Balaban J connectivity index is 1.85. The molecule has 0 unspecified atom stereocenters. The topological polar surface area (TPSA) is 67.8 Å². The molecule has 0 aliphatic carbocycles. The Bertz CT molecular complexity index is 1340. The summed E-state index contributed by atoms with van der Waals surface area (Å²) in [5, 5.41) is 0. The van der Waals surface area contributed by atoms with Crippen LogP contribution in [-0.4, -0.2) is 36.0 Å². The maximum Gasteiger partial charge on any atom is 0.573 e. The third-order valence-corrected chi connectivity index (χ3v) is 6.17. The molecule has 1 aromatic carbocycles. The van der Waals surface area contributed by atoms with Crippen molar-refractivity contribution in [3.63, 3.8) is 0 Å². The molecule has 3 aromatic rings. The molecule has 190 valence electrons. The zero-order valence-electron chi connectivity index (χ0n) is 17.8. The van der Waals surface area contributed by atoms with Crippen molar-refractivity contribution in [2.24, 2.45) is 0 Å². The van der Waals surface area contributed by atoms with Crippen molar-refractivity contribution in [1.82, 2.24) is 9.97 Å². The average Bonchev–Trinajstić information content (AvgIpc) is 2.78. The highest BCUT2D eigenvalue weighted by Gasteiger charge is 2.38. The number of methoxy groups -OCH3 is 1. The van der Waals surface area contributed by atoms with Crippen molar-refractivity contribution in [3.8, 4) is 11.6 Å². The van der Waals surface area contributed by atoms with Gasteiger partial charge in [-0.05, 0) is 62.2 Å². The minimum Gasteiger partial charge on any atom is -0.481 e. The lowest BCUT2D eigenvalue weighted by atomic mass is 10.1. The number of carbonyl (C=O) groups excluding carboxylic acids is 1. The van der Waals surface area contributed by atoms with Gasteiger partial charge in [0.15, 0.2) is 0 Å². The molecule has 0 spiro atoms.